The van der Waals surface area contributed by atoms with Crippen molar-refractivity contribution in [1.29, 1.82) is 0 Å². The third-order valence-corrected chi connectivity index (χ3v) is 9.41. The van der Waals surface area contributed by atoms with Crippen molar-refractivity contribution in [3.63, 3.8) is 0 Å². The number of fused-ring (bicyclic) bond motifs is 1. The van der Waals surface area contributed by atoms with Crippen molar-refractivity contribution >= 4 is 47.0 Å². The Morgan fingerprint density at radius 2 is 1.80 bits per heavy atom. The minimum atomic E-state index is -0.884. The molecule has 2 aliphatic rings. The summed E-state index contributed by atoms with van der Waals surface area (Å²) in [6.45, 7) is 0. The van der Waals surface area contributed by atoms with E-state index in [9.17, 15) is 24.5 Å². The molecule has 2 amide bonds. The van der Waals surface area contributed by atoms with Crippen LogP contribution in [0.15, 0.2) is 107 Å². The molecule has 1 aromatic heterocycles. The SMILES string of the molecule is O=C(Cc1cccc([N+](=O)[O-])c1)N[C@@H]1C(=O)N2C(C(=O)OC(c3ccccc3)c3ccccc3)=C(Sc3nnc[nH]3)CS[C@H]12. The lowest BCUT2D eigenvalue weighted by Crippen LogP contribution is -2.70. The molecule has 3 aromatic carbocycles. The van der Waals surface area contributed by atoms with Crippen molar-refractivity contribution in [3.05, 3.63) is 129 Å². The molecule has 1 fully saturated rings. The molecule has 0 radical (unpaired) electrons. The molecule has 2 aliphatic heterocycles. The minimum Gasteiger partial charge on any atom is -0.448 e. The predicted molar refractivity (Wildman–Crippen MR) is 162 cm³/mol. The van der Waals surface area contributed by atoms with E-state index in [0.29, 0.717) is 21.4 Å². The number of carbonyl (C=O) groups excluding carboxylic acids is 3. The second-order valence-electron chi connectivity index (χ2n) is 9.83. The van der Waals surface area contributed by atoms with Crippen LogP contribution in [0.3, 0.4) is 0 Å². The predicted octanol–water partition coefficient (Wildman–Crippen LogP) is 3.99. The van der Waals surface area contributed by atoms with Gasteiger partial charge in [-0.2, -0.15) is 0 Å². The average molecular weight is 629 g/mol. The van der Waals surface area contributed by atoms with E-state index in [0.717, 1.165) is 11.1 Å². The maximum absolute atomic E-state index is 14.0. The third-order valence-electron chi connectivity index (χ3n) is 6.97. The van der Waals surface area contributed by atoms with Crippen molar-refractivity contribution in [2.75, 3.05) is 5.75 Å². The Morgan fingerprint density at radius 3 is 2.43 bits per heavy atom. The lowest BCUT2D eigenvalue weighted by atomic mass is 10.0. The summed E-state index contributed by atoms with van der Waals surface area (Å²) in [4.78, 5) is 55.8. The highest BCUT2D eigenvalue weighted by Gasteiger charge is 2.55. The van der Waals surface area contributed by atoms with Crippen LogP contribution in [-0.2, 0) is 25.5 Å². The van der Waals surface area contributed by atoms with Gasteiger partial charge in [0.2, 0.25) is 5.91 Å². The summed E-state index contributed by atoms with van der Waals surface area (Å²) in [6.07, 6.45) is 0.543. The zero-order valence-corrected chi connectivity index (χ0v) is 24.5. The van der Waals surface area contributed by atoms with E-state index < -0.39 is 40.2 Å². The van der Waals surface area contributed by atoms with Gasteiger partial charge in [-0.25, -0.2) is 4.79 Å². The summed E-state index contributed by atoms with van der Waals surface area (Å²) in [5.41, 5.74) is 1.93. The summed E-state index contributed by atoms with van der Waals surface area (Å²) in [5, 5.41) is 21.6. The number of esters is 1. The fraction of sp³-hybridized carbons (Fsp3) is 0.167. The number of nitro groups is 1. The largest absolute Gasteiger partial charge is 0.448 e. The molecular weight excluding hydrogens is 605 g/mol. The van der Waals surface area contributed by atoms with Crippen LogP contribution in [0.4, 0.5) is 5.69 Å². The van der Waals surface area contributed by atoms with E-state index in [1.54, 1.807) is 6.07 Å². The molecule has 1 saturated heterocycles. The van der Waals surface area contributed by atoms with E-state index in [4.69, 9.17) is 4.74 Å². The van der Waals surface area contributed by atoms with Crippen molar-refractivity contribution in [2.45, 2.75) is 29.1 Å². The highest BCUT2D eigenvalue weighted by molar-refractivity contribution is 8.06. The molecule has 6 rings (SSSR count). The second-order valence-corrected chi connectivity index (χ2v) is 12.0. The van der Waals surface area contributed by atoms with E-state index in [-0.39, 0.29) is 17.8 Å². The summed E-state index contributed by atoms with van der Waals surface area (Å²) >= 11 is 2.58. The van der Waals surface area contributed by atoms with Gasteiger partial charge in [0, 0.05) is 22.8 Å². The van der Waals surface area contributed by atoms with Crippen LogP contribution >= 0.6 is 23.5 Å². The summed E-state index contributed by atoms with van der Waals surface area (Å²) in [5.74, 6) is -1.27. The fourth-order valence-corrected chi connectivity index (χ4v) is 7.30. The van der Waals surface area contributed by atoms with Crippen LogP contribution in [0.5, 0.6) is 0 Å². The van der Waals surface area contributed by atoms with Gasteiger partial charge in [-0.15, -0.1) is 22.0 Å². The number of thioether (sulfide) groups is 2. The van der Waals surface area contributed by atoms with Crippen LogP contribution in [0.2, 0.25) is 0 Å². The molecule has 4 aromatic rings. The molecule has 12 nitrogen and oxygen atoms in total. The maximum Gasteiger partial charge on any atom is 0.356 e. The van der Waals surface area contributed by atoms with E-state index >= 15 is 0 Å². The number of hydrogen-bond acceptors (Lipinski definition) is 10. The normalized spacial score (nSPS) is 17.6. The maximum atomic E-state index is 14.0. The molecule has 2 atom stereocenters. The van der Waals surface area contributed by atoms with E-state index in [2.05, 4.69) is 20.5 Å². The molecule has 3 heterocycles. The number of carbonyl (C=O) groups is 3. The van der Waals surface area contributed by atoms with Crippen molar-refractivity contribution in [1.82, 2.24) is 25.4 Å². The van der Waals surface area contributed by atoms with Gasteiger partial charge < -0.3 is 15.0 Å². The Balaban J connectivity index is 1.25. The number of aromatic amines is 1. The quantitative estimate of drug-likeness (QED) is 0.114. The Morgan fingerprint density at radius 1 is 1.09 bits per heavy atom. The molecule has 222 valence electrons. The Kier molecular flexibility index (Phi) is 8.43. The molecule has 44 heavy (non-hydrogen) atoms. The molecular formula is C30H24N6O6S2. The van der Waals surface area contributed by atoms with Gasteiger partial charge in [0.25, 0.3) is 11.6 Å². The standard InChI is InChI=1S/C30H24N6O6S2/c37-23(15-18-8-7-13-21(14-18)36(40)41)33-24-27(38)35-25(22(16-43-28(24)35)44-30-31-17-32-34-30)29(39)42-26(19-9-3-1-4-10-19)20-11-5-2-6-12-20/h1-14,17,24,26,28H,15-16H2,(H,33,37)(H,31,32,34)/t24-,28-/m1/s1. The van der Waals surface area contributed by atoms with Crippen LogP contribution in [0.25, 0.3) is 0 Å². The van der Waals surface area contributed by atoms with Gasteiger partial charge in [0.1, 0.15) is 23.4 Å². The minimum absolute atomic E-state index is 0.0844. The first-order valence-electron chi connectivity index (χ1n) is 13.4. The smallest absolute Gasteiger partial charge is 0.356 e. The van der Waals surface area contributed by atoms with Gasteiger partial charge in [0.15, 0.2) is 11.3 Å². The van der Waals surface area contributed by atoms with Crippen molar-refractivity contribution in [2.24, 2.45) is 0 Å². The number of nitro benzene ring substituents is 1. The highest BCUT2D eigenvalue weighted by Crippen LogP contribution is 2.45. The van der Waals surface area contributed by atoms with Crippen molar-refractivity contribution in [3.8, 4) is 0 Å². The first-order chi connectivity index (χ1) is 21.4. The topological polar surface area (TPSA) is 160 Å². The van der Waals surface area contributed by atoms with Gasteiger partial charge in [0.05, 0.1) is 11.3 Å². The van der Waals surface area contributed by atoms with Crippen molar-refractivity contribution < 1.29 is 24.0 Å². The summed E-state index contributed by atoms with van der Waals surface area (Å²) in [6, 6.07) is 23.5. The zero-order chi connectivity index (χ0) is 30.6. The number of nitrogens with one attached hydrogen (secondary N) is 2. The number of hydrogen-bond donors (Lipinski definition) is 2. The molecule has 14 heteroatoms. The van der Waals surface area contributed by atoms with Gasteiger partial charge in [-0.1, -0.05) is 84.6 Å². The first kappa shape index (κ1) is 29.1. The molecule has 2 N–H and O–H groups in total. The number of H-pyrrole nitrogens is 1. The number of β-lactam (4-membered cyclic amide) rings is 1. The number of ether oxygens (including phenoxy) is 1. The summed E-state index contributed by atoms with van der Waals surface area (Å²) < 4.78 is 6.14. The van der Waals surface area contributed by atoms with Gasteiger partial charge in [-0.3, -0.25) is 24.6 Å². The molecule has 0 saturated carbocycles. The lowest BCUT2D eigenvalue weighted by molar-refractivity contribution is -0.384. The van der Waals surface area contributed by atoms with Crippen LogP contribution in [-0.4, -0.2) is 60.0 Å². The number of benzene rings is 3. The lowest BCUT2D eigenvalue weighted by Gasteiger charge is -2.49. The fourth-order valence-electron chi connectivity index (χ4n) is 4.96. The Labute approximate surface area is 259 Å². The number of nitrogens with zero attached hydrogens (tertiary/aromatic N) is 4. The second kappa shape index (κ2) is 12.7. The van der Waals surface area contributed by atoms with Gasteiger partial charge >= 0.3 is 5.97 Å². The van der Waals surface area contributed by atoms with Crippen LogP contribution in [0, 0.1) is 10.1 Å². The van der Waals surface area contributed by atoms with E-state index in [1.807, 2.05) is 60.7 Å². The zero-order valence-electron chi connectivity index (χ0n) is 22.9. The number of non-ortho nitro benzene ring substituents is 1. The number of amides is 2. The monoisotopic (exact) mass is 628 g/mol. The summed E-state index contributed by atoms with van der Waals surface area (Å²) in [7, 11) is 0. The molecule has 0 unspecified atom stereocenters. The first-order valence-corrected chi connectivity index (χ1v) is 15.3. The molecule has 0 spiro atoms. The number of aromatic nitrogens is 3. The van der Waals surface area contributed by atoms with E-state index in [1.165, 1.54) is 53.0 Å². The molecule has 0 aliphatic carbocycles. The molecule has 0 bridgehead atoms. The van der Waals surface area contributed by atoms with Crippen LogP contribution in [0.1, 0.15) is 22.8 Å². The Bertz CT molecular complexity index is 1700. The Hall–Kier alpha value is -4.95. The highest BCUT2D eigenvalue weighted by atomic mass is 32.2. The third kappa shape index (κ3) is 6.07. The average Bonchev–Trinajstić information content (AvgIpc) is 3.56. The van der Waals surface area contributed by atoms with Gasteiger partial charge in [-0.05, 0) is 16.7 Å². The van der Waals surface area contributed by atoms with Crippen LogP contribution < -0.4 is 5.32 Å². The number of rotatable bonds is 10.